The summed E-state index contributed by atoms with van der Waals surface area (Å²) in [4.78, 5) is 0. The molecule has 4 heteroatoms. The quantitative estimate of drug-likeness (QED) is 0.783. The normalized spacial score (nSPS) is 22.4. The zero-order valence-corrected chi connectivity index (χ0v) is 11.9. The third kappa shape index (κ3) is 2.93. The molecule has 0 aliphatic carbocycles. The van der Waals surface area contributed by atoms with Crippen molar-refractivity contribution in [2.45, 2.75) is 32.0 Å². The Bertz CT molecular complexity index is 406. The molecule has 0 spiro atoms. The van der Waals surface area contributed by atoms with Gasteiger partial charge in [0.2, 0.25) is 0 Å². The third-order valence-electron chi connectivity index (χ3n) is 3.09. The molecule has 0 radical (unpaired) electrons. The van der Waals surface area contributed by atoms with Crippen LogP contribution in [-0.4, -0.2) is 26.4 Å². The van der Waals surface area contributed by atoms with Crippen molar-refractivity contribution < 1.29 is 14.2 Å². The van der Waals surface area contributed by atoms with Crippen LogP contribution in [0.5, 0.6) is 11.5 Å². The highest BCUT2D eigenvalue weighted by Crippen LogP contribution is 2.35. The van der Waals surface area contributed by atoms with Crippen LogP contribution in [0.1, 0.15) is 18.9 Å². The molecule has 1 aliphatic heterocycles. The number of aryl methyl sites for hydroxylation is 1. The Labute approximate surface area is 110 Å². The first-order valence-electron chi connectivity index (χ1n) is 5.71. The van der Waals surface area contributed by atoms with Crippen LogP contribution in [0.3, 0.4) is 0 Å². The van der Waals surface area contributed by atoms with Gasteiger partial charge in [-0.2, -0.15) is 0 Å². The summed E-state index contributed by atoms with van der Waals surface area (Å²) in [5.41, 5.74) is 1.18. The lowest BCUT2D eigenvalue weighted by molar-refractivity contribution is 0.367. The highest BCUT2D eigenvalue weighted by molar-refractivity contribution is 9.10. The van der Waals surface area contributed by atoms with Gasteiger partial charge in [0, 0.05) is 6.07 Å². The molecule has 0 bridgehead atoms. The highest BCUT2D eigenvalue weighted by atomic mass is 79.9. The van der Waals surface area contributed by atoms with Crippen LogP contribution in [0.2, 0.25) is 0 Å². The van der Waals surface area contributed by atoms with Crippen LogP contribution in [0.25, 0.3) is 0 Å². The fraction of sp³-hybridized carbons (Fsp3) is 0.538. The van der Waals surface area contributed by atoms with E-state index >= 15 is 0 Å². The molecule has 0 N–H and O–H groups in total. The molecule has 1 aromatic rings. The molecular weight excluding hydrogens is 284 g/mol. The molecule has 1 aromatic carbocycles. The van der Waals surface area contributed by atoms with E-state index in [9.17, 15) is 0 Å². The molecule has 2 atom stereocenters. The molecule has 17 heavy (non-hydrogen) atoms. The lowest BCUT2D eigenvalue weighted by Gasteiger charge is -2.11. The van der Waals surface area contributed by atoms with Crippen molar-refractivity contribution in [1.29, 1.82) is 0 Å². The second kappa shape index (κ2) is 5.27. The Kier molecular flexibility index (Phi) is 3.94. The summed E-state index contributed by atoms with van der Waals surface area (Å²) in [6.45, 7) is 2.10. The zero-order valence-electron chi connectivity index (χ0n) is 10.3. The number of ether oxygens (including phenoxy) is 3. The molecule has 1 heterocycles. The predicted octanol–water partition coefficient (Wildman–Crippen LogP) is 3.19. The maximum absolute atomic E-state index is 5.41. The van der Waals surface area contributed by atoms with E-state index in [1.165, 1.54) is 5.56 Å². The smallest absolute Gasteiger partial charge is 0.136 e. The van der Waals surface area contributed by atoms with Crippen molar-refractivity contribution in [2.75, 3.05) is 14.2 Å². The lowest BCUT2D eigenvalue weighted by Crippen LogP contribution is -1.98. The van der Waals surface area contributed by atoms with Crippen molar-refractivity contribution in [3.05, 3.63) is 22.2 Å². The largest absolute Gasteiger partial charge is 0.496 e. The molecule has 1 saturated heterocycles. The van der Waals surface area contributed by atoms with Gasteiger partial charge in [0.15, 0.2) is 0 Å². The van der Waals surface area contributed by atoms with Gasteiger partial charge < -0.3 is 14.2 Å². The zero-order chi connectivity index (χ0) is 12.4. The van der Waals surface area contributed by atoms with Crippen LogP contribution in [0.15, 0.2) is 16.6 Å². The molecule has 94 valence electrons. The molecular formula is C13H17BrO3. The van der Waals surface area contributed by atoms with E-state index in [4.69, 9.17) is 14.2 Å². The molecule has 0 amide bonds. The summed E-state index contributed by atoms with van der Waals surface area (Å²) in [7, 11) is 3.33. The van der Waals surface area contributed by atoms with Crippen LogP contribution in [0, 0.1) is 0 Å². The number of epoxide rings is 1. The average molecular weight is 301 g/mol. The summed E-state index contributed by atoms with van der Waals surface area (Å²) in [5, 5.41) is 0. The van der Waals surface area contributed by atoms with Gasteiger partial charge in [-0.05, 0) is 47.3 Å². The molecule has 1 aliphatic rings. The van der Waals surface area contributed by atoms with E-state index in [1.54, 1.807) is 14.2 Å². The molecule has 0 saturated carbocycles. The first-order valence-corrected chi connectivity index (χ1v) is 6.51. The van der Waals surface area contributed by atoms with Gasteiger partial charge in [-0.15, -0.1) is 0 Å². The Morgan fingerprint density at radius 2 is 1.88 bits per heavy atom. The topological polar surface area (TPSA) is 31.0 Å². The van der Waals surface area contributed by atoms with Crippen molar-refractivity contribution in [1.82, 2.24) is 0 Å². The number of hydrogen-bond acceptors (Lipinski definition) is 3. The summed E-state index contributed by atoms with van der Waals surface area (Å²) in [6, 6.07) is 3.97. The molecule has 3 nitrogen and oxygen atoms in total. The number of halogens is 1. The molecule has 0 aromatic heterocycles. The fourth-order valence-corrected chi connectivity index (χ4v) is 2.50. The highest BCUT2D eigenvalue weighted by Gasteiger charge is 2.33. The van der Waals surface area contributed by atoms with E-state index in [-0.39, 0.29) is 0 Å². The summed E-state index contributed by atoms with van der Waals surface area (Å²) in [6.07, 6.45) is 2.83. The van der Waals surface area contributed by atoms with Crippen molar-refractivity contribution in [3.63, 3.8) is 0 Å². The minimum absolute atomic E-state index is 0.417. The van der Waals surface area contributed by atoms with Crippen molar-refractivity contribution in [2.24, 2.45) is 0 Å². The van der Waals surface area contributed by atoms with Gasteiger partial charge in [-0.3, -0.25) is 0 Å². The minimum atomic E-state index is 0.417. The van der Waals surface area contributed by atoms with Crippen LogP contribution in [-0.2, 0) is 11.2 Å². The summed E-state index contributed by atoms with van der Waals surface area (Å²) < 4.78 is 17.0. The Balaban J connectivity index is 2.11. The molecule has 2 rings (SSSR count). The van der Waals surface area contributed by atoms with Gasteiger partial charge in [0.25, 0.3) is 0 Å². The van der Waals surface area contributed by atoms with Crippen LogP contribution in [0.4, 0.5) is 0 Å². The van der Waals surface area contributed by atoms with Crippen LogP contribution >= 0.6 is 15.9 Å². The second-order valence-electron chi connectivity index (χ2n) is 4.22. The van der Waals surface area contributed by atoms with E-state index in [1.807, 2.05) is 6.07 Å². The van der Waals surface area contributed by atoms with Gasteiger partial charge in [0.1, 0.15) is 11.5 Å². The van der Waals surface area contributed by atoms with Crippen molar-refractivity contribution in [3.8, 4) is 11.5 Å². The van der Waals surface area contributed by atoms with E-state index < -0.39 is 0 Å². The van der Waals surface area contributed by atoms with Crippen molar-refractivity contribution >= 4 is 15.9 Å². The number of rotatable bonds is 5. The number of methoxy groups -OCH3 is 2. The fourth-order valence-electron chi connectivity index (χ4n) is 1.95. The SMILES string of the molecule is COc1cc(OC)c(CCC2OC2C)cc1Br. The Morgan fingerprint density at radius 1 is 1.24 bits per heavy atom. The van der Waals surface area contributed by atoms with Crippen LogP contribution < -0.4 is 9.47 Å². The standard InChI is InChI=1S/C13H17BrO3/c1-8-11(17-8)5-4-9-6-10(14)13(16-3)7-12(9)15-2/h6-8,11H,4-5H2,1-3H3. The number of benzene rings is 1. The van der Waals surface area contributed by atoms with Gasteiger partial charge >= 0.3 is 0 Å². The molecule has 2 unspecified atom stereocenters. The number of hydrogen-bond donors (Lipinski definition) is 0. The average Bonchev–Trinajstić information content (AvgIpc) is 3.03. The monoisotopic (exact) mass is 300 g/mol. The van der Waals surface area contributed by atoms with Gasteiger partial charge in [0.05, 0.1) is 30.9 Å². The second-order valence-corrected chi connectivity index (χ2v) is 5.07. The van der Waals surface area contributed by atoms with Gasteiger partial charge in [-0.25, -0.2) is 0 Å². The Hall–Kier alpha value is -0.740. The van der Waals surface area contributed by atoms with E-state index in [2.05, 4.69) is 28.9 Å². The van der Waals surface area contributed by atoms with E-state index in [0.29, 0.717) is 12.2 Å². The minimum Gasteiger partial charge on any atom is -0.496 e. The maximum Gasteiger partial charge on any atom is 0.136 e. The first-order chi connectivity index (χ1) is 8.15. The predicted molar refractivity (Wildman–Crippen MR) is 69.9 cm³/mol. The lowest BCUT2D eigenvalue weighted by atomic mass is 10.1. The summed E-state index contributed by atoms with van der Waals surface area (Å²) in [5.74, 6) is 1.67. The molecule has 1 fully saturated rings. The Morgan fingerprint density at radius 3 is 2.41 bits per heavy atom. The maximum atomic E-state index is 5.41. The van der Waals surface area contributed by atoms with Gasteiger partial charge in [-0.1, -0.05) is 0 Å². The first kappa shape index (κ1) is 12.7. The third-order valence-corrected chi connectivity index (χ3v) is 3.71. The summed E-state index contributed by atoms with van der Waals surface area (Å²) >= 11 is 3.49. The van der Waals surface area contributed by atoms with E-state index in [0.717, 1.165) is 28.8 Å².